The zero-order valence-corrected chi connectivity index (χ0v) is 15.3. The molecule has 0 aliphatic carbocycles. The molecule has 0 amide bonds. The smallest absolute Gasteiger partial charge is 0.140 e. The minimum atomic E-state index is -0.284. The molecule has 4 nitrogen and oxygen atoms in total. The van der Waals surface area contributed by atoms with Crippen LogP contribution in [0.5, 0.6) is 5.75 Å². The number of aryl methyl sites for hydroxylation is 1. The van der Waals surface area contributed by atoms with Crippen LogP contribution in [0.3, 0.4) is 0 Å². The Morgan fingerprint density at radius 1 is 1.33 bits per heavy atom. The number of aliphatic hydroxyl groups excluding tert-OH is 1. The molecule has 0 spiro atoms. The maximum atomic E-state index is 9.98. The standard InChI is InChI=1S/C19H26N2O2S/c1-14-6-8-17(9-7-14)23-12-19-20-16(13-24-19)11-21-10-4-3-5-18(21)15(2)22/h6-9,13,15,18,22H,3-5,10-12H2,1-2H3. The monoisotopic (exact) mass is 346 g/mol. The van der Waals surface area contributed by atoms with Crippen LogP contribution in [0, 0.1) is 6.92 Å². The van der Waals surface area contributed by atoms with Crippen molar-refractivity contribution in [3.8, 4) is 5.75 Å². The van der Waals surface area contributed by atoms with E-state index in [1.807, 2.05) is 19.1 Å². The first kappa shape index (κ1) is 17.4. The molecule has 1 N–H and O–H groups in total. The lowest BCUT2D eigenvalue weighted by atomic mass is 9.98. The predicted octanol–water partition coefficient (Wildman–Crippen LogP) is 3.77. The van der Waals surface area contributed by atoms with Crippen molar-refractivity contribution >= 4 is 11.3 Å². The maximum Gasteiger partial charge on any atom is 0.140 e. The van der Waals surface area contributed by atoms with Crippen LogP contribution < -0.4 is 4.74 Å². The fourth-order valence-electron chi connectivity index (χ4n) is 3.23. The summed E-state index contributed by atoms with van der Waals surface area (Å²) in [5.74, 6) is 0.877. The van der Waals surface area contributed by atoms with Crippen LogP contribution in [-0.2, 0) is 13.2 Å². The van der Waals surface area contributed by atoms with Crippen LogP contribution in [0.4, 0.5) is 0 Å². The summed E-state index contributed by atoms with van der Waals surface area (Å²) in [6.45, 7) is 6.33. The molecule has 2 atom stereocenters. The zero-order chi connectivity index (χ0) is 16.9. The van der Waals surface area contributed by atoms with Crippen molar-refractivity contribution in [3.05, 3.63) is 45.9 Å². The number of aromatic nitrogens is 1. The number of hydrogen-bond donors (Lipinski definition) is 1. The van der Waals surface area contributed by atoms with E-state index in [-0.39, 0.29) is 12.1 Å². The van der Waals surface area contributed by atoms with Gasteiger partial charge >= 0.3 is 0 Å². The minimum absolute atomic E-state index is 0.257. The molecule has 1 fully saturated rings. The van der Waals surface area contributed by atoms with Crippen LogP contribution in [0.25, 0.3) is 0 Å². The van der Waals surface area contributed by atoms with Crippen LogP contribution in [0.15, 0.2) is 29.6 Å². The van der Waals surface area contributed by atoms with E-state index in [9.17, 15) is 5.11 Å². The van der Waals surface area contributed by atoms with Gasteiger partial charge in [-0.25, -0.2) is 4.98 Å². The highest BCUT2D eigenvalue weighted by atomic mass is 32.1. The first-order chi connectivity index (χ1) is 11.6. The normalized spacial score (nSPS) is 20.0. The Morgan fingerprint density at radius 3 is 2.88 bits per heavy atom. The summed E-state index contributed by atoms with van der Waals surface area (Å²) in [5.41, 5.74) is 2.31. The second-order valence-corrected chi connectivity index (χ2v) is 7.55. The fraction of sp³-hybridized carbons (Fsp3) is 0.526. The van der Waals surface area contributed by atoms with Crippen molar-refractivity contribution in [2.24, 2.45) is 0 Å². The number of likely N-dealkylation sites (tertiary alicyclic amines) is 1. The van der Waals surface area contributed by atoms with E-state index >= 15 is 0 Å². The van der Waals surface area contributed by atoms with Gasteiger partial charge in [0.15, 0.2) is 0 Å². The Balaban J connectivity index is 1.55. The molecule has 1 saturated heterocycles. The average molecular weight is 346 g/mol. The highest BCUT2D eigenvalue weighted by Crippen LogP contribution is 2.23. The summed E-state index contributed by atoms with van der Waals surface area (Å²) in [4.78, 5) is 7.07. The summed E-state index contributed by atoms with van der Waals surface area (Å²) in [6.07, 6.45) is 3.20. The number of aliphatic hydroxyl groups is 1. The third kappa shape index (κ3) is 4.56. The topological polar surface area (TPSA) is 45.6 Å². The van der Waals surface area contributed by atoms with Crippen LogP contribution >= 0.6 is 11.3 Å². The molecule has 2 heterocycles. The van der Waals surface area contributed by atoms with Gasteiger partial charge in [0.25, 0.3) is 0 Å². The molecular weight excluding hydrogens is 320 g/mol. The van der Waals surface area contributed by atoms with E-state index < -0.39 is 0 Å². The molecule has 1 aromatic heterocycles. The molecule has 1 aromatic carbocycles. The van der Waals surface area contributed by atoms with Gasteiger partial charge in [0.05, 0.1) is 11.8 Å². The first-order valence-corrected chi connectivity index (χ1v) is 9.54. The molecule has 5 heteroatoms. The molecular formula is C19H26N2O2S. The summed E-state index contributed by atoms with van der Waals surface area (Å²) in [7, 11) is 0. The van der Waals surface area contributed by atoms with Crippen molar-refractivity contribution in [1.29, 1.82) is 0 Å². The van der Waals surface area contributed by atoms with Gasteiger partial charge in [-0.3, -0.25) is 4.90 Å². The second-order valence-electron chi connectivity index (χ2n) is 6.61. The van der Waals surface area contributed by atoms with E-state index in [0.29, 0.717) is 6.61 Å². The lowest BCUT2D eigenvalue weighted by Gasteiger charge is -2.36. The summed E-state index contributed by atoms with van der Waals surface area (Å²) in [5, 5.41) is 13.1. The lowest BCUT2D eigenvalue weighted by molar-refractivity contribution is 0.0310. The number of ether oxygens (including phenoxy) is 1. The number of benzene rings is 1. The molecule has 130 valence electrons. The molecule has 3 rings (SSSR count). The van der Waals surface area contributed by atoms with E-state index in [4.69, 9.17) is 9.72 Å². The van der Waals surface area contributed by atoms with Crippen molar-refractivity contribution in [2.75, 3.05) is 6.54 Å². The maximum absolute atomic E-state index is 9.98. The average Bonchev–Trinajstić information content (AvgIpc) is 3.02. The molecule has 0 bridgehead atoms. The number of nitrogens with zero attached hydrogens (tertiary/aromatic N) is 2. The second kappa shape index (κ2) is 8.10. The molecule has 1 aliphatic rings. The summed E-state index contributed by atoms with van der Waals surface area (Å²) >= 11 is 1.64. The Bertz CT molecular complexity index is 639. The zero-order valence-electron chi connectivity index (χ0n) is 14.4. The molecule has 0 saturated carbocycles. The van der Waals surface area contributed by atoms with E-state index in [1.165, 1.54) is 18.4 Å². The van der Waals surface area contributed by atoms with Crippen molar-refractivity contribution in [3.63, 3.8) is 0 Å². The Kier molecular flexibility index (Phi) is 5.87. The van der Waals surface area contributed by atoms with E-state index in [2.05, 4.69) is 29.3 Å². The van der Waals surface area contributed by atoms with Gasteiger partial charge in [0.2, 0.25) is 0 Å². The van der Waals surface area contributed by atoms with Crippen LogP contribution in [-0.4, -0.2) is 33.7 Å². The molecule has 2 unspecified atom stereocenters. The van der Waals surface area contributed by atoms with Gasteiger partial charge < -0.3 is 9.84 Å². The minimum Gasteiger partial charge on any atom is -0.486 e. The van der Waals surface area contributed by atoms with Gasteiger partial charge in [-0.1, -0.05) is 24.1 Å². The van der Waals surface area contributed by atoms with Gasteiger partial charge in [-0.15, -0.1) is 11.3 Å². The number of rotatable bonds is 6. The molecule has 24 heavy (non-hydrogen) atoms. The Morgan fingerprint density at radius 2 is 2.12 bits per heavy atom. The fourth-order valence-corrected chi connectivity index (χ4v) is 3.93. The SMILES string of the molecule is Cc1ccc(OCc2nc(CN3CCCCC3C(C)O)cs2)cc1. The molecule has 0 radical (unpaired) electrons. The third-order valence-corrected chi connectivity index (χ3v) is 5.44. The summed E-state index contributed by atoms with van der Waals surface area (Å²) < 4.78 is 5.80. The first-order valence-electron chi connectivity index (χ1n) is 8.66. The number of piperidine rings is 1. The third-order valence-electron chi connectivity index (χ3n) is 4.57. The quantitative estimate of drug-likeness (QED) is 0.865. The predicted molar refractivity (Wildman–Crippen MR) is 97.4 cm³/mol. The van der Waals surface area contributed by atoms with Crippen molar-refractivity contribution in [1.82, 2.24) is 9.88 Å². The highest BCUT2D eigenvalue weighted by molar-refractivity contribution is 7.09. The lowest BCUT2D eigenvalue weighted by Crippen LogP contribution is -2.45. The van der Waals surface area contributed by atoms with Gasteiger partial charge in [0.1, 0.15) is 17.4 Å². The number of hydrogen-bond acceptors (Lipinski definition) is 5. The van der Waals surface area contributed by atoms with Gasteiger partial charge in [-0.05, 0) is 45.4 Å². The Labute approximate surface area is 148 Å². The molecule has 1 aliphatic heterocycles. The van der Waals surface area contributed by atoms with Crippen molar-refractivity contribution < 1.29 is 9.84 Å². The van der Waals surface area contributed by atoms with Crippen LogP contribution in [0.1, 0.15) is 42.5 Å². The van der Waals surface area contributed by atoms with Gasteiger partial charge in [0, 0.05) is 18.0 Å². The van der Waals surface area contributed by atoms with Gasteiger partial charge in [-0.2, -0.15) is 0 Å². The largest absolute Gasteiger partial charge is 0.486 e. The van der Waals surface area contributed by atoms with E-state index in [0.717, 1.165) is 36.0 Å². The number of thiazole rings is 1. The Hall–Kier alpha value is -1.43. The van der Waals surface area contributed by atoms with Crippen molar-refractivity contribution in [2.45, 2.75) is 58.4 Å². The van der Waals surface area contributed by atoms with Crippen LogP contribution in [0.2, 0.25) is 0 Å². The highest BCUT2D eigenvalue weighted by Gasteiger charge is 2.26. The summed E-state index contributed by atoms with van der Waals surface area (Å²) in [6, 6.07) is 8.34. The molecule has 2 aromatic rings. The van der Waals surface area contributed by atoms with E-state index in [1.54, 1.807) is 11.3 Å².